The molecule has 0 spiro atoms. The standard InChI is InChI=1S/C24H23Cl2FN2/c25-20-6-3-5-19(15-20)17-29-14-4-13-28(16-18-9-11-21(27)12-10-18)24(29)22-7-1-2-8-23(22)26/h1-3,5-12,15,24H,4,13-14,16-17H2/t24-/m0/s1. The zero-order valence-corrected chi connectivity index (χ0v) is 17.6. The van der Waals surface area contributed by atoms with Gasteiger partial charge in [0.25, 0.3) is 0 Å². The van der Waals surface area contributed by atoms with Crippen LogP contribution in [0.5, 0.6) is 0 Å². The molecule has 4 rings (SSSR count). The van der Waals surface area contributed by atoms with Gasteiger partial charge in [-0.1, -0.05) is 65.7 Å². The molecule has 1 heterocycles. The van der Waals surface area contributed by atoms with Crippen LogP contribution in [0.15, 0.2) is 72.8 Å². The summed E-state index contributed by atoms with van der Waals surface area (Å²) in [6, 6.07) is 22.8. The van der Waals surface area contributed by atoms with E-state index in [1.54, 1.807) is 0 Å². The van der Waals surface area contributed by atoms with Gasteiger partial charge in [0.1, 0.15) is 5.82 Å². The Morgan fingerprint density at radius 3 is 2.17 bits per heavy atom. The van der Waals surface area contributed by atoms with Crippen molar-refractivity contribution in [1.29, 1.82) is 0 Å². The highest BCUT2D eigenvalue weighted by Crippen LogP contribution is 2.35. The molecule has 0 saturated carbocycles. The van der Waals surface area contributed by atoms with Gasteiger partial charge in [0, 0.05) is 41.8 Å². The zero-order valence-electron chi connectivity index (χ0n) is 16.1. The lowest BCUT2D eigenvalue weighted by Crippen LogP contribution is -2.47. The van der Waals surface area contributed by atoms with E-state index in [1.165, 1.54) is 17.7 Å². The van der Waals surface area contributed by atoms with E-state index in [0.29, 0.717) is 0 Å². The van der Waals surface area contributed by atoms with Crippen molar-refractivity contribution in [2.45, 2.75) is 25.7 Å². The van der Waals surface area contributed by atoms with E-state index < -0.39 is 0 Å². The third-order valence-corrected chi connectivity index (χ3v) is 5.92. The van der Waals surface area contributed by atoms with Gasteiger partial charge in [-0.05, 0) is 47.9 Å². The van der Waals surface area contributed by atoms with Gasteiger partial charge in [0.05, 0.1) is 6.17 Å². The Morgan fingerprint density at radius 2 is 1.48 bits per heavy atom. The summed E-state index contributed by atoms with van der Waals surface area (Å²) >= 11 is 12.8. The first-order chi connectivity index (χ1) is 14.1. The Bertz CT molecular complexity index is 961. The molecule has 29 heavy (non-hydrogen) atoms. The largest absolute Gasteiger partial charge is 0.280 e. The van der Waals surface area contributed by atoms with Crippen LogP contribution in [0.1, 0.15) is 29.3 Å². The molecule has 2 nitrogen and oxygen atoms in total. The number of hydrogen-bond donors (Lipinski definition) is 0. The molecule has 1 atom stereocenters. The van der Waals surface area contributed by atoms with E-state index in [2.05, 4.69) is 21.9 Å². The van der Waals surface area contributed by atoms with Gasteiger partial charge < -0.3 is 0 Å². The topological polar surface area (TPSA) is 6.48 Å². The van der Waals surface area contributed by atoms with Crippen molar-refractivity contribution in [2.24, 2.45) is 0 Å². The van der Waals surface area contributed by atoms with Crippen LogP contribution in [0.25, 0.3) is 0 Å². The molecule has 0 unspecified atom stereocenters. The molecule has 0 bridgehead atoms. The SMILES string of the molecule is Fc1ccc(CN2CCCN(Cc3cccc(Cl)c3)[C@H]2c2ccccc2Cl)cc1. The van der Waals surface area contributed by atoms with E-state index in [9.17, 15) is 4.39 Å². The molecule has 0 N–H and O–H groups in total. The van der Waals surface area contributed by atoms with Crippen LogP contribution >= 0.6 is 23.2 Å². The molecule has 0 radical (unpaired) electrons. The van der Waals surface area contributed by atoms with Crippen molar-refractivity contribution in [3.05, 3.63) is 105 Å². The number of halogens is 3. The third kappa shape index (κ3) is 4.99. The minimum atomic E-state index is -0.211. The summed E-state index contributed by atoms with van der Waals surface area (Å²) in [5.74, 6) is -0.211. The van der Waals surface area contributed by atoms with Crippen LogP contribution in [-0.4, -0.2) is 22.9 Å². The summed E-state index contributed by atoms with van der Waals surface area (Å²) in [6.07, 6.45) is 1.10. The van der Waals surface area contributed by atoms with Crippen molar-refractivity contribution in [3.8, 4) is 0 Å². The predicted octanol–water partition coefficient (Wildman–Crippen LogP) is 6.54. The monoisotopic (exact) mass is 428 g/mol. The summed E-state index contributed by atoms with van der Waals surface area (Å²) in [6.45, 7) is 3.46. The highest BCUT2D eigenvalue weighted by atomic mass is 35.5. The molecular formula is C24H23Cl2FN2. The van der Waals surface area contributed by atoms with Crippen molar-refractivity contribution < 1.29 is 4.39 Å². The van der Waals surface area contributed by atoms with Gasteiger partial charge in [-0.3, -0.25) is 9.80 Å². The summed E-state index contributed by atoms with van der Waals surface area (Å²) in [5.41, 5.74) is 3.37. The van der Waals surface area contributed by atoms with Crippen LogP contribution in [-0.2, 0) is 13.1 Å². The fraction of sp³-hybridized carbons (Fsp3) is 0.250. The van der Waals surface area contributed by atoms with Crippen molar-refractivity contribution >= 4 is 23.2 Å². The Labute approximate surface area is 181 Å². The van der Waals surface area contributed by atoms with E-state index in [-0.39, 0.29) is 12.0 Å². The summed E-state index contributed by atoms with van der Waals surface area (Å²) < 4.78 is 13.3. The lowest BCUT2D eigenvalue weighted by atomic mass is 10.0. The van der Waals surface area contributed by atoms with E-state index >= 15 is 0 Å². The second kappa shape index (κ2) is 9.27. The second-order valence-corrected chi connectivity index (χ2v) is 8.29. The summed E-state index contributed by atoms with van der Waals surface area (Å²) in [7, 11) is 0. The Morgan fingerprint density at radius 1 is 0.793 bits per heavy atom. The lowest BCUT2D eigenvalue weighted by Gasteiger charge is -2.44. The van der Waals surface area contributed by atoms with Crippen LogP contribution in [0.3, 0.4) is 0 Å². The average Bonchev–Trinajstić information content (AvgIpc) is 2.71. The molecule has 0 aromatic heterocycles. The number of benzene rings is 3. The van der Waals surface area contributed by atoms with E-state index in [0.717, 1.165) is 53.8 Å². The van der Waals surface area contributed by atoms with Crippen LogP contribution in [0, 0.1) is 5.82 Å². The first-order valence-corrected chi connectivity index (χ1v) is 10.6. The minimum Gasteiger partial charge on any atom is -0.280 e. The molecule has 5 heteroatoms. The molecular weight excluding hydrogens is 406 g/mol. The molecule has 150 valence electrons. The smallest absolute Gasteiger partial charge is 0.123 e. The molecule has 1 aliphatic heterocycles. The first kappa shape index (κ1) is 20.4. The molecule has 3 aromatic carbocycles. The van der Waals surface area contributed by atoms with Gasteiger partial charge in [0.15, 0.2) is 0 Å². The highest BCUT2D eigenvalue weighted by Gasteiger charge is 2.32. The zero-order chi connectivity index (χ0) is 20.2. The average molecular weight is 429 g/mol. The molecule has 0 aliphatic carbocycles. The maximum atomic E-state index is 13.3. The van der Waals surface area contributed by atoms with Crippen LogP contribution in [0.4, 0.5) is 4.39 Å². The maximum Gasteiger partial charge on any atom is 0.123 e. The molecule has 1 fully saturated rings. The quantitative estimate of drug-likeness (QED) is 0.455. The fourth-order valence-electron chi connectivity index (χ4n) is 4.06. The minimum absolute atomic E-state index is 0.0430. The van der Waals surface area contributed by atoms with Crippen LogP contribution in [0.2, 0.25) is 10.0 Å². The molecule has 1 saturated heterocycles. The van der Waals surface area contributed by atoms with Crippen molar-refractivity contribution in [1.82, 2.24) is 9.80 Å². The number of nitrogens with zero attached hydrogens (tertiary/aromatic N) is 2. The Hall–Kier alpha value is -1.91. The van der Waals surface area contributed by atoms with Crippen molar-refractivity contribution in [2.75, 3.05) is 13.1 Å². The van der Waals surface area contributed by atoms with Gasteiger partial charge >= 0.3 is 0 Å². The Balaban J connectivity index is 1.66. The van der Waals surface area contributed by atoms with Gasteiger partial charge in [-0.15, -0.1) is 0 Å². The molecule has 0 amide bonds. The van der Waals surface area contributed by atoms with Crippen LogP contribution < -0.4 is 0 Å². The maximum absolute atomic E-state index is 13.3. The van der Waals surface area contributed by atoms with E-state index in [1.807, 2.05) is 48.5 Å². The Kier molecular flexibility index (Phi) is 6.51. The second-order valence-electron chi connectivity index (χ2n) is 7.45. The van der Waals surface area contributed by atoms with Gasteiger partial charge in [-0.25, -0.2) is 4.39 Å². The first-order valence-electron chi connectivity index (χ1n) is 9.81. The highest BCUT2D eigenvalue weighted by molar-refractivity contribution is 6.31. The number of hydrogen-bond acceptors (Lipinski definition) is 2. The molecule has 1 aliphatic rings. The molecule has 3 aromatic rings. The third-order valence-electron chi connectivity index (χ3n) is 5.34. The number of rotatable bonds is 5. The van der Waals surface area contributed by atoms with Gasteiger partial charge in [-0.2, -0.15) is 0 Å². The fourth-order valence-corrected chi connectivity index (χ4v) is 4.50. The normalized spacial score (nSPS) is 18.1. The summed E-state index contributed by atoms with van der Waals surface area (Å²) in [5, 5.41) is 1.51. The van der Waals surface area contributed by atoms with Gasteiger partial charge in [0.2, 0.25) is 0 Å². The van der Waals surface area contributed by atoms with E-state index in [4.69, 9.17) is 23.2 Å². The predicted molar refractivity (Wildman–Crippen MR) is 117 cm³/mol. The van der Waals surface area contributed by atoms with Crippen molar-refractivity contribution in [3.63, 3.8) is 0 Å². The lowest BCUT2D eigenvalue weighted by molar-refractivity contribution is -0.00903. The summed E-state index contributed by atoms with van der Waals surface area (Å²) in [4.78, 5) is 4.86.